The van der Waals surface area contributed by atoms with Crippen LogP contribution < -0.4 is 33.2 Å². The van der Waals surface area contributed by atoms with Gasteiger partial charge in [0, 0.05) is 29.9 Å². The summed E-state index contributed by atoms with van der Waals surface area (Å²) in [5.74, 6) is -6.04. The molecule has 0 aliphatic carbocycles. The number of aromatic nitrogens is 1. The van der Waals surface area contributed by atoms with Gasteiger partial charge in [-0.3, -0.25) is 24.0 Å². The normalized spacial score (nSPS) is 13.7. The lowest BCUT2D eigenvalue weighted by molar-refractivity contribution is -0.142. The van der Waals surface area contributed by atoms with Crippen molar-refractivity contribution in [3.8, 4) is 5.75 Å². The zero-order chi connectivity index (χ0) is 31.7. The maximum Gasteiger partial charge on any atom is 0.326 e. The maximum atomic E-state index is 13.5. The lowest BCUT2D eigenvalue weighted by Crippen LogP contribution is -2.58. The summed E-state index contributed by atoms with van der Waals surface area (Å²) in [5.41, 5.74) is 17.8. The molecule has 3 aromatic rings. The summed E-state index contributed by atoms with van der Waals surface area (Å²) in [4.78, 5) is 77.1. The molecule has 0 bridgehead atoms. The molecule has 1 heterocycles. The van der Waals surface area contributed by atoms with Gasteiger partial charge in [0.1, 0.15) is 23.9 Å². The number of aromatic hydroxyl groups is 1. The molecule has 2 aromatic carbocycles. The van der Waals surface area contributed by atoms with Gasteiger partial charge >= 0.3 is 5.97 Å². The Morgan fingerprint density at radius 3 is 1.95 bits per heavy atom. The van der Waals surface area contributed by atoms with E-state index in [1.807, 2.05) is 12.1 Å². The number of carbonyl (C=O) groups is 6. The largest absolute Gasteiger partial charge is 0.508 e. The Morgan fingerprint density at radius 1 is 0.744 bits per heavy atom. The Balaban J connectivity index is 1.83. The molecule has 1 aromatic heterocycles. The minimum Gasteiger partial charge on any atom is -0.508 e. The van der Waals surface area contributed by atoms with Crippen molar-refractivity contribution in [2.75, 3.05) is 0 Å². The van der Waals surface area contributed by atoms with E-state index in [9.17, 15) is 39.0 Å². The standard InChI is InChI=1S/C28H33N7O8/c29-18(11-23(30)37)25(39)33-21(12-24(31)38)27(41)34-20(9-14-5-7-16(36)8-6-14)26(40)35-22(28(42)43)10-15-13-32-19-4-2-1-3-17(15)19/h1-8,13,18,20-22,32,36H,9-12,29H2,(H2,30,37)(H2,31,38)(H,33,39)(H,34,41)(H,35,40)(H,42,43). The van der Waals surface area contributed by atoms with Crippen molar-refractivity contribution in [3.63, 3.8) is 0 Å². The second kappa shape index (κ2) is 14.5. The van der Waals surface area contributed by atoms with Crippen molar-refractivity contribution >= 4 is 46.4 Å². The fraction of sp³-hybridized carbons (Fsp3) is 0.286. The smallest absolute Gasteiger partial charge is 0.326 e. The van der Waals surface area contributed by atoms with Crippen molar-refractivity contribution in [3.05, 3.63) is 65.9 Å². The predicted octanol–water partition coefficient (Wildman–Crippen LogP) is -1.72. The number of nitrogens with two attached hydrogens (primary N) is 3. The number of carboxylic acid groups (broad SMARTS) is 1. The van der Waals surface area contributed by atoms with E-state index in [0.29, 0.717) is 11.1 Å². The number of primary amides is 2. The Kier molecular flexibility index (Phi) is 10.8. The monoisotopic (exact) mass is 595 g/mol. The van der Waals surface area contributed by atoms with Crippen LogP contribution in [-0.4, -0.2) is 74.9 Å². The molecule has 0 fully saturated rings. The molecule has 43 heavy (non-hydrogen) atoms. The molecule has 0 spiro atoms. The van der Waals surface area contributed by atoms with Crippen LogP contribution in [0.4, 0.5) is 0 Å². The molecule has 12 N–H and O–H groups in total. The first-order valence-electron chi connectivity index (χ1n) is 13.1. The number of fused-ring (bicyclic) bond motifs is 1. The summed E-state index contributed by atoms with van der Waals surface area (Å²) < 4.78 is 0. The van der Waals surface area contributed by atoms with Gasteiger partial charge in [-0.2, -0.15) is 0 Å². The molecular formula is C28H33N7O8. The zero-order valence-corrected chi connectivity index (χ0v) is 22.9. The van der Waals surface area contributed by atoms with Crippen LogP contribution in [0.5, 0.6) is 5.75 Å². The van der Waals surface area contributed by atoms with Gasteiger partial charge in [-0.25, -0.2) is 4.79 Å². The molecular weight excluding hydrogens is 562 g/mol. The summed E-state index contributed by atoms with van der Waals surface area (Å²) in [6.45, 7) is 0. The summed E-state index contributed by atoms with van der Waals surface area (Å²) in [6.07, 6.45) is 0.198. The number of carbonyl (C=O) groups excluding carboxylic acids is 5. The fourth-order valence-electron chi connectivity index (χ4n) is 4.34. The number of carboxylic acids is 1. The van der Waals surface area contributed by atoms with Crippen LogP contribution >= 0.6 is 0 Å². The van der Waals surface area contributed by atoms with Crippen LogP contribution in [0.1, 0.15) is 24.0 Å². The minimum absolute atomic E-state index is 0.0463. The number of aromatic amines is 1. The number of rotatable bonds is 15. The quantitative estimate of drug-likeness (QED) is 0.0964. The number of phenols is 1. The molecule has 0 saturated carbocycles. The molecule has 0 aliphatic heterocycles. The Labute approximate surface area is 245 Å². The van der Waals surface area contributed by atoms with E-state index in [0.717, 1.165) is 10.9 Å². The number of H-pyrrole nitrogens is 1. The first-order valence-corrected chi connectivity index (χ1v) is 13.1. The number of nitrogens with one attached hydrogen (secondary N) is 4. The number of hydrogen-bond donors (Lipinski definition) is 9. The molecule has 5 amide bonds. The van der Waals surface area contributed by atoms with Crippen LogP contribution in [0.2, 0.25) is 0 Å². The van der Waals surface area contributed by atoms with Gasteiger partial charge in [0.15, 0.2) is 0 Å². The van der Waals surface area contributed by atoms with Crippen LogP contribution in [0.25, 0.3) is 10.9 Å². The lowest BCUT2D eigenvalue weighted by Gasteiger charge is -2.25. The minimum atomic E-state index is -1.58. The van der Waals surface area contributed by atoms with Crippen LogP contribution in [0, 0.1) is 0 Å². The van der Waals surface area contributed by atoms with Crippen molar-refractivity contribution in [2.24, 2.45) is 17.2 Å². The summed E-state index contributed by atoms with van der Waals surface area (Å²) in [6, 6.07) is 7.15. The van der Waals surface area contributed by atoms with Crippen LogP contribution in [-0.2, 0) is 41.6 Å². The molecule has 4 unspecified atom stereocenters. The highest BCUT2D eigenvalue weighted by Gasteiger charge is 2.32. The van der Waals surface area contributed by atoms with Gasteiger partial charge in [0.05, 0.1) is 18.9 Å². The molecule has 3 rings (SSSR count). The Bertz CT molecular complexity index is 1500. The highest BCUT2D eigenvalue weighted by atomic mass is 16.4. The summed E-state index contributed by atoms with van der Waals surface area (Å²) in [5, 5.41) is 27.4. The predicted molar refractivity (Wildman–Crippen MR) is 153 cm³/mol. The van der Waals surface area contributed by atoms with E-state index in [-0.39, 0.29) is 18.6 Å². The number of amides is 5. The SMILES string of the molecule is NC(=O)CC(N)C(=O)NC(CC(N)=O)C(=O)NC(Cc1ccc(O)cc1)C(=O)NC(Cc1c[nH]c2ccccc12)C(=O)O. The Morgan fingerprint density at radius 2 is 1.33 bits per heavy atom. The molecule has 0 radical (unpaired) electrons. The summed E-state index contributed by atoms with van der Waals surface area (Å²) >= 11 is 0. The third-order valence-electron chi connectivity index (χ3n) is 6.52. The first-order chi connectivity index (χ1) is 20.3. The van der Waals surface area contributed by atoms with Gasteiger partial charge in [-0.1, -0.05) is 30.3 Å². The molecule has 0 saturated heterocycles. The maximum absolute atomic E-state index is 13.5. The van der Waals surface area contributed by atoms with Crippen LogP contribution in [0.15, 0.2) is 54.7 Å². The highest BCUT2D eigenvalue weighted by molar-refractivity contribution is 5.97. The topological polar surface area (TPSA) is 273 Å². The van der Waals surface area contributed by atoms with E-state index < -0.39 is 72.5 Å². The highest BCUT2D eigenvalue weighted by Crippen LogP contribution is 2.19. The molecule has 0 aliphatic rings. The van der Waals surface area contributed by atoms with Gasteiger partial charge in [0.25, 0.3) is 0 Å². The van der Waals surface area contributed by atoms with E-state index in [1.54, 1.807) is 18.3 Å². The van der Waals surface area contributed by atoms with Crippen molar-refractivity contribution < 1.29 is 39.0 Å². The van der Waals surface area contributed by atoms with E-state index >= 15 is 0 Å². The zero-order valence-electron chi connectivity index (χ0n) is 22.9. The molecule has 4 atom stereocenters. The van der Waals surface area contributed by atoms with Gasteiger partial charge in [-0.05, 0) is 29.3 Å². The third-order valence-corrected chi connectivity index (χ3v) is 6.52. The second-order valence-corrected chi connectivity index (χ2v) is 9.90. The second-order valence-electron chi connectivity index (χ2n) is 9.90. The third kappa shape index (κ3) is 9.29. The number of benzene rings is 2. The Hall–Kier alpha value is -5.44. The van der Waals surface area contributed by atoms with Gasteiger partial charge in [0.2, 0.25) is 29.5 Å². The number of para-hydroxylation sites is 1. The molecule has 15 heteroatoms. The lowest BCUT2D eigenvalue weighted by atomic mass is 10.0. The fourth-order valence-corrected chi connectivity index (χ4v) is 4.34. The number of hydrogen-bond acceptors (Lipinski definition) is 8. The van der Waals surface area contributed by atoms with Crippen molar-refractivity contribution in [2.45, 2.75) is 49.9 Å². The summed E-state index contributed by atoms with van der Waals surface area (Å²) in [7, 11) is 0. The van der Waals surface area contributed by atoms with Gasteiger partial charge in [-0.15, -0.1) is 0 Å². The van der Waals surface area contributed by atoms with Crippen molar-refractivity contribution in [1.29, 1.82) is 0 Å². The number of phenolic OH excluding ortho intramolecular Hbond substituents is 1. The van der Waals surface area contributed by atoms with E-state index in [1.165, 1.54) is 24.3 Å². The average Bonchev–Trinajstić information content (AvgIpc) is 3.35. The van der Waals surface area contributed by atoms with E-state index in [2.05, 4.69) is 20.9 Å². The molecule has 228 valence electrons. The van der Waals surface area contributed by atoms with Crippen molar-refractivity contribution in [1.82, 2.24) is 20.9 Å². The van der Waals surface area contributed by atoms with E-state index in [4.69, 9.17) is 17.2 Å². The van der Waals surface area contributed by atoms with Gasteiger partial charge < -0.3 is 48.3 Å². The first kappa shape index (κ1) is 32.1. The average molecular weight is 596 g/mol. The molecule has 15 nitrogen and oxygen atoms in total. The number of aliphatic carboxylic acids is 1. The van der Waals surface area contributed by atoms with Crippen LogP contribution in [0.3, 0.4) is 0 Å².